The van der Waals surface area contributed by atoms with Crippen molar-refractivity contribution in [3.05, 3.63) is 47.5 Å². The highest BCUT2D eigenvalue weighted by molar-refractivity contribution is 5.23. The van der Waals surface area contributed by atoms with E-state index >= 15 is 0 Å². The van der Waals surface area contributed by atoms with Crippen LogP contribution in [-0.2, 0) is 11.8 Å². The maximum Gasteiger partial charge on any atom is 0.223 e. The topological polar surface area (TPSA) is 64.7 Å². The zero-order valence-corrected chi connectivity index (χ0v) is 11.0. The fraction of sp³-hybridized carbons (Fsp3) is 0.357. The molecule has 0 aliphatic heterocycles. The lowest BCUT2D eigenvalue weighted by molar-refractivity contribution is 0.538. The molecule has 0 bridgehead atoms. The quantitative estimate of drug-likeness (QED) is 0.878. The summed E-state index contributed by atoms with van der Waals surface area (Å²) in [5, 5.41) is 0. The fourth-order valence-corrected chi connectivity index (χ4v) is 1.63. The maximum atomic E-state index is 5.75. The summed E-state index contributed by atoms with van der Waals surface area (Å²) in [6.07, 6.45) is 0.677. The van der Waals surface area contributed by atoms with Crippen LogP contribution in [0.5, 0.6) is 0 Å². The van der Waals surface area contributed by atoms with Crippen molar-refractivity contribution in [3.63, 3.8) is 0 Å². The van der Waals surface area contributed by atoms with Crippen LogP contribution in [-0.4, -0.2) is 15.0 Å². The van der Waals surface area contributed by atoms with Crippen LogP contribution in [0.3, 0.4) is 0 Å². The van der Waals surface area contributed by atoms with E-state index in [0.717, 1.165) is 11.6 Å². The highest BCUT2D eigenvalue weighted by Gasteiger charge is 2.19. The van der Waals surface area contributed by atoms with Crippen molar-refractivity contribution in [2.45, 2.75) is 32.6 Å². The molecule has 0 aliphatic rings. The van der Waals surface area contributed by atoms with Gasteiger partial charge in [-0.3, -0.25) is 0 Å². The molecule has 0 atom stereocenters. The number of aromatic nitrogens is 3. The lowest BCUT2D eigenvalue weighted by atomic mass is 9.96. The average molecular weight is 242 g/mol. The van der Waals surface area contributed by atoms with Crippen molar-refractivity contribution < 1.29 is 0 Å². The highest BCUT2D eigenvalue weighted by Crippen LogP contribution is 2.19. The van der Waals surface area contributed by atoms with Gasteiger partial charge < -0.3 is 5.73 Å². The summed E-state index contributed by atoms with van der Waals surface area (Å²) in [5.41, 5.74) is 6.79. The van der Waals surface area contributed by atoms with E-state index in [4.69, 9.17) is 5.73 Å². The summed E-state index contributed by atoms with van der Waals surface area (Å²) >= 11 is 0. The molecular weight excluding hydrogens is 224 g/mol. The molecule has 0 radical (unpaired) electrons. The lowest BCUT2D eigenvalue weighted by Crippen LogP contribution is -2.19. The molecule has 18 heavy (non-hydrogen) atoms. The van der Waals surface area contributed by atoms with E-state index in [1.165, 1.54) is 5.56 Å². The zero-order valence-electron chi connectivity index (χ0n) is 11.0. The molecule has 0 amide bonds. The van der Waals surface area contributed by atoms with E-state index in [0.29, 0.717) is 12.4 Å². The summed E-state index contributed by atoms with van der Waals surface area (Å²) in [7, 11) is 0. The first-order valence-corrected chi connectivity index (χ1v) is 6.00. The molecule has 0 unspecified atom stereocenters. The summed E-state index contributed by atoms with van der Waals surface area (Å²) in [5.74, 6) is 1.75. The summed E-state index contributed by atoms with van der Waals surface area (Å²) in [6.45, 7) is 6.19. The Morgan fingerprint density at radius 1 is 1.00 bits per heavy atom. The van der Waals surface area contributed by atoms with Gasteiger partial charge in [-0.05, 0) is 5.56 Å². The normalized spacial score (nSPS) is 11.5. The third-order valence-corrected chi connectivity index (χ3v) is 2.57. The van der Waals surface area contributed by atoms with Gasteiger partial charge in [-0.1, -0.05) is 51.1 Å². The van der Waals surface area contributed by atoms with Gasteiger partial charge in [-0.15, -0.1) is 0 Å². The molecule has 94 valence electrons. The number of nitrogen functional groups attached to an aromatic ring is 1. The van der Waals surface area contributed by atoms with Gasteiger partial charge in [0.1, 0.15) is 11.6 Å². The maximum absolute atomic E-state index is 5.75. The van der Waals surface area contributed by atoms with Gasteiger partial charge in [-0.25, -0.2) is 4.98 Å². The first-order chi connectivity index (χ1) is 8.45. The molecule has 1 aromatic heterocycles. The Hall–Kier alpha value is -1.97. The van der Waals surface area contributed by atoms with Gasteiger partial charge in [0.25, 0.3) is 0 Å². The molecule has 1 heterocycles. The van der Waals surface area contributed by atoms with Gasteiger partial charge in [-0.2, -0.15) is 9.97 Å². The number of nitrogens with zero attached hydrogens (tertiary/aromatic N) is 3. The van der Waals surface area contributed by atoms with Crippen molar-refractivity contribution in [1.82, 2.24) is 15.0 Å². The van der Waals surface area contributed by atoms with E-state index in [9.17, 15) is 0 Å². The number of nitrogens with two attached hydrogens (primary N) is 1. The van der Waals surface area contributed by atoms with E-state index in [2.05, 4.69) is 47.9 Å². The molecule has 0 saturated carbocycles. The zero-order chi connectivity index (χ0) is 13.2. The number of rotatable bonds is 2. The second-order valence-corrected chi connectivity index (χ2v) is 5.35. The highest BCUT2D eigenvalue weighted by atomic mass is 15.1. The first kappa shape index (κ1) is 12.5. The predicted octanol–water partition coefficient (Wildman–Crippen LogP) is 2.34. The molecule has 2 rings (SSSR count). The van der Waals surface area contributed by atoms with Gasteiger partial charge in [0.15, 0.2) is 0 Å². The molecule has 2 aromatic rings. The SMILES string of the molecule is CC(C)(C)c1nc(N)nc(Cc2ccccc2)n1. The number of benzene rings is 1. The van der Waals surface area contributed by atoms with Gasteiger partial charge in [0, 0.05) is 11.8 Å². The van der Waals surface area contributed by atoms with Crippen molar-refractivity contribution in [2.24, 2.45) is 0 Å². The van der Waals surface area contributed by atoms with Crippen LogP contribution in [0.25, 0.3) is 0 Å². The van der Waals surface area contributed by atoms with Crippen LogP contribution < -0.4 is 5.73 Å². The Balaban J connectivity index is 2.32. The Kier molecular flexibility index (Phi) is 3.28. The second kappa shape index (κ2) is 4.72. The van der Waals surface area contributed by atoms with Crippen molar-refractivity contribution in [3.8, 4) is 0 Å². The van der Waals surface area contributed by atoms with Crippen LogP contribution in [0.4, 0.5) is 5.95 Å². The molecule has 4 nitrogen and oxygen atoms in total. The molecular formula is C14H18N4. The standard InChI is InChI=1S/C14H18N4/c1-14(2,3)12-16-11(17-13(15)18-12)9-10-7-5-4-6-8-10/h4-8H,9H2,1-3H3,(H2,15,16,17,18). The van der Waals surface area contributed by atoms with E-state index in [1.807, 2.05) is 18.2 Å². The van der Waals surface area contributed by atoms with E-state index in [1.54, 1.807) is 0 Å². The molecule has 0 spiro atoms. The molecule has 0 aliphatic carbocycles. The van der Waals surface area contributed by atoms with Crippen LogP contribution in [0, 0.1) is 0 Å². The van der Waals surface area contributed by atoms with Gasteiger partial charge in [0.05, 0.1) is 0 Å². The Bertz CT molecular complexity index is 529. The van der Waals surface area contributed by atoms with Crippen molar-refractivity contribution in [1.29, 1.82) is 0 Å². The predicted molar refractivity (Wildman–Crippen MR) is 72.2 cm³/mol. The van der Waals surface area contributed by atoms with Crippen molar-refractivity contribution >= 4 is 5.95 Å². The smallest absolute Gasteiger partial charge is 0.223 e. The minimum absolute atomic E-state index is 0.123. The second-order valence-electron chi connectivity index (χ2n) is 5.35. The minimum Gasteiger partial charge on any atom is -0.368 e. The van der Waals surface area contributed by atoms with Crippen LogP contribution in [0.1, 0.15) is 38.0 Å². The molecule has 1 aromatic carbocycles. The summed E-state index contributed by atoms with van der Waals surface area (Å²) < 4.78 is 0. The third-order valence-electron chi connectivity index (χ3n) is 2.57. The van der Waals surface area contributed by atoms with Crippen LogP contribution in [0.15, 0.2) is 30.3 Å². The number of anilines is 1. The number of hydrogen-bond acceptors (Lipinski definition) is 4. The third kappa shape index (κ3) is 3.03. The first-order valence-electron chi connectivity index (χ1n) is 6.00. The Morgan fingerprint density at radius 3 is 2.28 bits per heavy atom. The largest absolute Gasteiger partial charge is 0.368 e. The van der Waals surface area contributed by atoms with Crippen LogP contribution in [0.2, 0.25) is 0 Å². The molecule has 4 heteroatoms. The van der Waals surface area contributed by atoms with Crippen LogP contribution >= 0.6 is 0 Å². The van der Waals surface area contributed by atoms with Gasteiger partial charge >= 0.3 is 0 Å². The molecule has 0 fully saturated rings. The average Bonchev–Trinajstić information content (AvgIpc) is 2.28. The monoisotopic (exact) mass is 242 g/mol. The Labute approximate surface area is 107 Å². The van der Waals surface area contributed by atoms with E-state index in [-0.39, 0.29) is 5.41 Å². The summed E-state index contributed by atoms with van der Waals surface area (Å²) in [6, 6.07) is 10.1. The summed E-state index contributed by atoms with van der Waals surface area (Å²) in [4.78, 5) is 12.9. The molecule has 2 N–H and O–H groups in total. The lowest BCUT2D eigenvalue weighted by Gasteiger charge is -2.17. The molecule has 0 saturated heterocycles. The minimum atomic E-state index is -0.123. The van der Waals surface area contributed by atoms with Gasteiger partial charge in [0.2, 0.25) is 5.95 Å². The fourth-order valence-electron chi connectivity index (χ4n) is 1.63. The van der Waals surface area contributed by atoms with E-state index < -0.39 is 0 Å². The number of hydrogen-bond donors (Lipinski definition) is 1. The Morgan fingerprint density at radius 2 is 1.67 bits per heavy atom. The van der Waals surface area contributed by atoms with Crippen molar-refractivity contribution in [2.75, 3.05) is 5.73 Å².